The number of amides is 1. The first kappa shape index (κ1) is 23.1. The zero-order valence-electron chi connectivity index (χ0n) is 19.3. The fourth-order valence-electron chi connectivity index (χ4n) is 3.89. The molecule has 0 spiro atoms. The molecule has 12 heteroatoms. The Labute approximate surface area is 207 Å². The summed E-state index contributed by atoms with van der Waals surface area (Å²) in [6, 6.07) is 9.14. The van der Waals surface area contributed by atoms with Crippen LogP contribution in [0.5, 0.6) is 0 Å². The summed E-state index contributed by atoms with van der Waals surface area (Å²) in [4.78, 5) is 30.6. The lowest BCUT2D eigenvalue weighted by molar-refractivity contribution is 0.102. The smallest absolute Gasteiger partial charge is 0.258 e. The van der Waals surface area contributed by atoms with Crippen LogP contribution in [0.15, 0.2) is 55.1 Å². The van der Waals surface area contributed by atoms with Gasteiger partial charge in [-0.2, -0.15) is 5.10 Å². The van der Waals surface area contributed by atoms with E-state index in [0.29, 0.717) is 11.1 Å². The van der Waals surface area contributed by atoms with Crippen LogP contribution in [0.4, 0.5) is 11.8 Å². The van der Waals surface area contributed by atoms with Crippen molar-refractivity contribution in [3.05, 3.63) is 60.7 Å². The highest BCUT2D eigenvalue weighted by Crippen LogP contribution is 2.24. The van der Waals surface area contributed by atoms with Crippen LogP contribution < -0.4 is 10.2 Å². The zero-order valence-corrected chi connectivity index (χ0v) is 19.3. The Hall–Kier alpha value is -3.66. The maximum absolute atomic E-state index is 12.9. The van der Waals surface area contributed by atoms with Gasteiger partial charge in [0.15, 0.2) is 0 Å². The molecule has 1 amide bonds. The molecule has 1 aromatic carbocycles. The molecule has 0 bridgehead atoms. The number of likely N-dealkylation sites (N-methyl/N-ethyl adjacent to an activating group) is 1. The molecule has 4 heterocycles. The molecule has 0 unspecified atom stereocenters. The Morgan fingerprint density at radius 3 is 2.54 bits per heavy atom. The average Bonchev–Trinajstić information content (AvgIpc) is 3.35. The standard InChI is InChI=1S/C23H21B3N8O/c1-32-6-8-33(9-7-32)20-11-16(4-5-27-20)21(35)31-22-28-12-17-3-2-15(10-19(17)30-22)18-13-29-34(14-18)23(24,25)26/h2-5,10-14H,6-9H2,1H3,(H,28,30,31,35). The number of hydrogen-bond donors (Lipinski definition) is 1. The second-order valence-corrected chi connectivity index (χ2v) is 8.68. The van der Waals surface area contributed by atoms with Crippen molar-refractivity contribution in [1.29, 1.82) is 0 Å². The molecule has 3 aromatic heterocycles. The Balaban J connectivity index is 1.35. The van der Waals surface area contributed by atoms with E-state index >= 15 is 0 Å². The number of carbonyl (C=O) groups is 1. The van der Waals surface area contributed by atoms with Crippen molar-refractivity contribution in [1.82, 2.24) is 29.6 Å². The fraction of sp³-hybridized carbons (Fsp3) is 0.261. The lowest BCUT2D eigenvalue weighted by atomic mass is 9.49. The van der Waals surface area contributed by atoms with Crippen molar-refractivity contribution in [3.8, 4) is 11.1 Å². The molecule has 1 fully saturated rings. The molecule has 35 heavy (non-hydrogen) atoms. The van der Waals surface area contributed by atoms with Crippen molar-refractivity contribution < 1.29 is 4.79 Å². The van der Waals surface area contributed by atoms with Gasteiger partial charge in [-0.05, 0) is 36.0 Å². The molecule has 4 aromatic rings. The molecule has 9 nitrogen and oxygen atoms in total. The highest BCUT2D eigenvalue weighted by atomic mass is 16.1. The third-order valence-electron chi connectivity index (χ3n) is 5.96. The maximum atomic E-state index is 12.9. The van der Waals surface area contributed by atoms with E-state index in [1.807, 2.05) is 18.2 Å². The molecule has 1 aliphatic rings. The summed E-state index contributed by atoms with van der Waals surface area (Å²) in [6.45, 7) is 3.65. The largest absolute Gasteiger partial charge is 0.354 e. The molecule has 0 aliphatic carbocycles. The van der Waals surface area contributed by atoms with Crippen LogP contribution >= 0.6 is 0 Å². The molecule has 168 valence electrons. The number of hydrogen-bond acceptors (Lipinski definition) is 7. The van der Waals surface area contributed by atoms with E-state index in [2.05, 4.69) is 42.2 Å². The number of nitrogens with one attached hydrogen (secondary N) is 1. The third kappa shape index (κ3) is 5.07. The van der Waals surface area contributed by atoms with E-state index in [4.69, 9.17) is 23.5 Å². The van der Waals surface area contributed by atoms with Gasteiger partial charge in [0, 0.05) is 61.3 Å². The molecule has 0 atom stereocenters. The van der Waals surface area contributed by atoms with Crippen molar-refractivity contribution in [2.75, 3.05) is 43.4 Å². The Morgan fingerprint density at radius 2 is 1.80 bits per heavy atom. The predicted molar refractivity (Wildman–Crippen MR) is 138 cm³/mol. The van der Waals surface area contributed by atoms with Gasteiger partial charge in [0.2, 0.25) is 5.95 Å². The van der Waals surface area contributed by atoms with Gasteiger partial charge < -0.3 is 9.80 Å². The Kier molecular flexibility index (Phi) is 6.06. The van der Waals surface area contributed by atoms with Crippen LogP contribution in [-0.4, -0.2) is 92.3 Å². The second kappa shape index (κ2) is 9.18. The van der Waals surface area contributed by atoms with Crippen LogP contribution in [0, 0.1) is 0 Å². The van der Waals surface area contributed by atoms with Crippen LogP contribution in [0.1, 0.15) is 10.4 Å². The molecule has 1 aliphatic heterocycles. The van der Waals surface area contributed by atoms with E-state index in [9.17, 15) is 4.79 Å². The molecule has 1 N–H and O–H groups in total. The normalized spacial score (nSPS) is 14.8. The molecule has 6 radical (unpaired) electrons. The SMILES string of the molecule is [B]C([B])([B])n1cc(-c2ccc3cnc(NC(=O)c4ccnc(N5CCN(C)CC5)c4)nc3c2)cn1. The summed E-state index contributed by atoms with van der Waals surface area (Å²) < 4.78 is 1.28. The second-order valence-electron chi connectivity index (χ2n) is 8.68. The molecule has 1 saturated heterocycles. The lowest BCUT2D eigenvalue weighted by Gasteiger charge is -2.33. The van der Waals surface area contributed by atoms with Gasteiger partial charge in [0.25, 0.3) is 5.91 Å². The first-order valence-electron chi connectivity index (χ1n) is 11.2. The summed E-state index contributed by atoms with van der Waals surface area (Å²) in [5.41, 5.74) is 2.77. The predicted octanol–water partition coefficient (Wildman–Crippen LogP) is 0.966. The van der Waals surface area contributed by atoms with Crippen molar-refractivity contribution in [2.45, 2.75) is 5.24 Å². The highest BCUT2D eigenvalue weighted by molar-refractivity contribution is 6.56. The summed E-state index contributed by atoms with van der Waals surface area (Å²) >= 11 is 0. The summed E-state index contributed by atoms with van der Waals surface area (Å²) in [7, 11) is 19.2. The highest BCUT2D eigenvalue weighted by Gasteiger charge is 2.18. The minimum atomic E-state index is -1.59. The van der Waals surface area contributed by atoms with E-state index < -0.39 is 5.24 Å². The topological polar surface area (TPSA) is 92.1 Å². The first-order chi connectivity index (χ1) is 16.8. The van der Waals surface area contributed by atoms with E-state index in [-0.39, 0.29) is 11.9 Å². The molecular formula is C23H21B3N8O. The van der Waals surface area contributed by atoms with Gasteiger partial charge in [-0.15, -0.1) is 0 Å². The Morgan fingerprint density at radius 1 is 1.00 bits per heavy atom. The summed E-state index contributed by atoms with van der Waals surface area (Å²) in [5.74, 6) is 0.690. The number of benzene rings is 1. The van der Waals surface area contributed by atoms with E-state index in [0.717, 1.165) is 48.5 Å². The number of pyridine rings is 1. The molecule has 5 rings (SSSR count). The van der Waals surface area contributed by atoms with E-state index in [1.165, 1.54) is 4.68 Å². The quantitative estimate of drug-likeness (QED) is 0.446. The van der Waals surface area contributed by atoms with Crippen molar-refractivity contribution in [2.24, 2.45) is 0 Å². The number of anilines is 2. The van der Waals surface area contributed by atoms with Gasteiger partial charge in [-0.25, -0.2) is 15.0 Å². The van der Waals surface area contributed by atoms with Crippen molar-refractivity contribution in [3.63, 3.8) is 0 Å². The van der Waals surface area contributed by atoms with Crippen LogP contribution in [0.3, 0.4) is 0 Å². The van der Waals surface area contributed by atoms with Crippen molar-refractivity contribution >= 4 is 52.1 Å². The minimum Gasteiger partial charge on any atom is -0.354 e. The van der Waals surface area contributed by atoms with E-state index in [1.54, 1.807) is 36.9 Å². The monoisotopic (exact) mass is 458 g/mol. The van der Waals surface area contributed by atoms with Crippen LogP contribution in [-0.2, 0) is 5.24 Å². The van der Waals surface area contributed by atoms with Crippen LogP contribution in [0.2, 0.25) is 0 Å². The lowest BCUT2D eigenvalue weighted by Crippen LogP contribution is -2.44. The fourth-order valence-corrected chi connectivity index (χ4v) is 3.89. The molecule has 0 saturated carbocycles. The number of aromatic nitrogens is 5. The average molecular weight is 458 g/mol. The van der Waals surface area contributed by atoms with Gasteiger partial charge in [0.05, 0.1) is 35.3 Å². The number of fused-ring (bicyclic) bond motifs is 1. The summed E-state index contributed by atoms with van der Waals surface area (Å²) in [6.07, 6.45) is 6.59. The van der Waals surface area contributed by atoms with Crippen LogP contribution in [0.25, 0.3) is 22.0 Å². The maximum Gasteiger partial charge on any atom is 0.258 e. The number of piperazine rings is 1. The zero-order chi connectivity index (χ0) is 24.6. The number of rotatable bonds is 5. The number of nitrogens with zero attached hydrogens (tertiary/aromatic N) is 7. The summed E-state index contributed by atoms with van der Waals surface area (Å²) in [5, 5.41) is 6.14. The first-order valence-corrected chi connectivity index (χ1v) is 11.2. The minimum absolute atomic E-state index is 0.207. The van der Waals surface area contributed by atoms with Gasteiger partial charge >= 0.3 is 0 Å². The van der Waals surface area contributed by atoms with Gasteiger partial charge in [-0.1, -0.05) is 12.1 Å². The van der Waals surface area contributed by atoms with Gasteiger partial charge in [-0.3, -0.25) is 14.8 Å². The van der Waals surface area contributed by atoms with Gasteiger partial charge in [0.1, 0.15) is 5.82 Å². The Bertz CT molecular complexity index is 1380. The number of carbonyl (C=O) groups excluding carboxylic acids is 1. The third-order valence-corrected chi connectivity index (χ3v) is 5.96. The molecular weight excluding hydrogens is 437 g/mol.